The zero-order chi connectivity index (χ0) is 52.9. The van der Waals surface area contributed by atoms with Crippen LogP contribution < -0.4 is 0 Å². The zero-order valence-corrected chi connectivity index (χ0v) is 49.4. The summed E-state index contributed by atoms with van der Waals surface area (Å²) < 4.78 is 16.9. The van der Waals surface area contributed by atoms with E-state index in [-0.39, 0.29) is 31.1 Å². The van der Waals surface area contributed by atoms with Gasteiger partial charge < -0.3 is 14.2 Å². The third-order valence-electron chi connectivity index (χ3n) is 14.9. The maximum absolute atomic E-state index is 12.9. The molecule has 0 aromatic carbocycles. The lowest BCUT2D eigenvalue weighted by Crippen LogP contribution is -2.30. The molecule has 0 saturated carbocycles. The number of hydrogen-bond acceptors (Lipinski definition) is 6. The minimum absolute atomic E-state index is 0.0696. The van der Waals surface area contributed by atoms with E-state index in [1.807, 2.05) is 0 Å². The van der Waals surface area contributed by atoms with Crippen molar-refractivity contribution in [2.45, 2.75) is 374 Å². The number of allylic oxidation sites excluding steroid dienone is 4. The molecule has 1 atom stereocenters. The van der Waals surface area contributed by atoms with Gasteiger partial charge >= 0.3 is 17.9 Å². The largest absolute Gasteiger partial charge is 0.462 e. The monoisotopic (exact) mass is 1030 g/mol. The average molecular weight is 1030 g/mol. The van der Waals surface area contributed by atoms with E-state index in [9.17, 15) is 14.4 Å². The van der Waals surface area contributed by atoms with Crippen molar-refractivity contribution in [3.63, 3.8) is 0 Å². The second-order valence-corrected chi connectivity index (χ2v) is 22.4. The lowest BCUT2D eigenvalue weighted by atomic mass is 10.0. The van der Waals surface area contributed by atoms with Gasteiger partial charge in [-0.2, -0.15) is 0 Å². The van der Waals surface area contributed by atoms with Crippen LogP contribution in [0.5, 0.6) is 0 Å². The number of esters is 3. The first-order chi connectivity index (χ1) is 36.0. The van der Waals surface area contributed by atoms with E-state index in [1.165, 1.54) is 244 Å². The summed E-state index contributed by atoms with van der Waals surface area (Å²) in [5, 5.41) is 0. The number of rotatable bonds is 61. The summed E-state index contributed by atoms with van der Waals surface area (Å²) >= 11 is 0. The van der Waals surface area contributed by atoms with Crippen LogP contribution in [-0.4, -0.2) is 37.2 Å². The minimum Gasteiger partial charge on any atom is -0.462 e. The van der Waals surface area contributed by atoms with Crippen LogP contribution in [0, 0.1) is 0 Å². The molecule has 0 N–H and O–H groups in total. The normalized spacial score (nSPS) is 12.1. The summed E-state index contributed by atoms with van der Waals surface area (Å²) in [5.74, 6) is -0.855. The Morgan fingerprint density at radius 1 is 0.274 bits per heavy atom. The van der Waals surface area contributed by atoms with E-state index in [1.54, 1.807) is 0 Å². The summed E-state index contributed by atoms with van der Waals surface area (Å²) in [4.78, 5) is 38.3. The van der Waals surface area contributed by atoms with E-state index in [0.717, 1.165) is 83.5 Å². The number of carbonyl (C=O) groups excluding carboxylic acids is 3. The summed E-state index contributed by atoms with van der Waals surface area (Å²) in [5.41, 5.74) is 0. The van der Waals surface area contributed by atoms with Gasteiger partial charge in [0.2, 0.25) is 0 Å². The smallest absolute Gasteiger partial charge is 0.306 e. The summed E-state index contributed by atoms with van der Waals surface area (Å²) in [6.45, 7) is 6.64. The van der Waals surface area contributed by atoms with E-state index >= 15 is 0 Å². The maximum atomic E-state index is 12.9. The molecule has 430 valence electrons. The Morgan fingerprint density at radius 3 is 0.808 bits per heavy atom. The SMILES string of the molecule is CCC/C=C\C/C=C\CCCCCCCC(=O)OCC(COC(=O)CCCCCCCCCCCCCCCCCCCCCCCC)OC(=O)CCCCCCCCCCCCCCCCCCCCCC. The molecule has 0 fully saturated rings. The van der Waals surface area contributed by atoms with E-state index in [4.69, 9.17) is 14.2 Å². The predicted octanol–water partition coefficient (Wildman–Crippen LogP) is 22.2. The number of unbranched alkanes of at least 4 members (excludes halogenated alkanes) is 46. The quantitative estimate of drug-likeness (QED) is 0.0261. The van der Waals surface area contributed by atoms with Gasteiger partial charge in [-0.15, -0.1) is 0 Å². The van der Waals surface area contributed by atoms with Gasteiger partial charge in [-0.05, 0) is 44.9 Å². The Kier molecular flexibility index (Phi) is 60.6. The highest BCUT2D eigenvalue weighted by atomic mass is 16.6. The fraction of sp³-hybridized carbons (Fsp3) is 0.896. The predicted molar refractivity (Wildman–Crippen MR) is 316 cm³/mol. The van der Waals surface area contributed by atoms with Crippen molar-refractivity contribution in [2.75, 3.05) is 13.2 Å². The van der Waals surface area contributed by atoms with Gasteiger partial charge in [-0.3, -0.25) is 14.4 Å². The van der Waals surface area contributed by atoms with Crippen LogP contribution in [0.2, 0.25) is 0 Å². The fourth-order valence-electron chi connectivity index (χ4n) is 10.0. The van der Waals surface area contributed by atoms with Gasteiger partial charge in [-0.1, -0.05) is 328 Å². The van der Waals surface area contributed by atoms with Crippen LogP contribution in [0.25, 0.3) is 0 Å². The van der Waals surface area contributed by atoms with Gasteiger partial charge in [0.15, 0.2) is 6.10 Å². The summed E-state index contributed by atoms with van der Waals surface area (Å²) in [7, 11) is 0. The fourth-order valence-corrected chi connectivity index (χ4v) is 10.0. The van der Waals surface area contributed by atoms with Crippen molar-refractivity contribution < 1.29 is 28.6 Å². The minimum atomic E-state index is -0.773. The maximum Gasteiger partial charge on any atom is 0.306 e. The number of ether oxygens (including phenoxy) is 3. The highest BCUT2D eigenvalue weighted by Crippen LogP contribution is 2.18. The van der Waals surface area contributed by atoms with E-state index in [2.05, 4.69) is 45.1 Å². The molecule has 0 heterocycles. The summed E-state index contributed by atoms with van der Waals surface area (Å²) in [6.07, 6.45) is 74.8. The van der Waals surface area contributed by atoms with Crippen molar-refractivity contribution >= 4 is 17.9 Å². The zero-order valence-electron chi connectivity index (χ0n) is 49.4. The van der Waals surface area contributed by atoms with Crippen molar-refractivity contribution in [1.29, 1.82) is 0 Å². The third kappa shape index (κ3) is 60.6. The van der Waals surface area contributed by atoms with E-state index in [0.29, 0.717) is 19.3 Å². The molecule has 0 bridgehead atoms. The van der Waals surface area contributed by atoms with Crippen LogP contribution in [-0.2, 0) is 28.6 Å². The second-order valence-electron chi connectivity index (χ2n) is 22.4. The van der Waals surface area contributed by atoms with Gasteiger partial charge in [0.05, 0.1) is 0 Å². The van der Waals surface area contributed by atoms with Gasteiger partial charge in [-0.25, -0.2) is 0 Å². The topological polar surface area (TPSA) is 78.9 Å². The molecule has 0 radical (unpaired) electrons. The first-order valence-corrected chi connectivity index (χ1v) is 32.8. The van der Waals surface area contributed by atoms with Crippen molar-refractivity contribution in [3.8, 4) is 0 Å². The van der Waals surface area contributed by atoms with Crippen LogP contribution in [0.4, 0.5) is 0 Å². The van der Waals surface area contributed by atoms with Crippen LogP contribution in [0.15, 0.2) is 24.3 Å². The Labute approximate surface area is 455 Å². The Bertz CT molecular complexity index is 1180. The highest BCUT2D eigenvalue weighted by Gasteiger charge is 2.19. The van der Waals surface area contributed by atoms with Crippen molar-refractivity contribution in [1.82, 2.24) is 0 Å². The first kappa shape index (κ1) is 70.9. The molecular weight excluding hydrogens is 901 g/mol. The molecule has 0 spiro atoms. The van der Waals surface area contributed by atoms with Crippen LogP contribution in [0.3, 0.4) is 0 Å². The molecule has 6 heteroatoms. The molecule has 0 aliphatic carbocycles. The van der Waals surface area contributed by atoms with Crippen molar-refractivity contribution in [3.05, 3.63) is 24.3 Å². The van der Waals surface area contributed by atoms with Crippen LogP contribution in [0.1, 0.15) is 367 Å². The lowest BCUT2D eigenvalue weighted by molar-refractivity contribution is -0.167. The van der Waals surface area contributed by atoms with Gasteiger partial charge in [0.25, 0.3) is 0 Å². The Balaban J connectivity index is 4.25. The van der Waals surface area contributed by atoms with Gasteiger partial charge in [0, 0.05) is 19.3 Å². The van der Waals surface area contributed by atoms with Crippen LogP contribution >= 0.6 is 0 Å². The lowest BCUT2D eigenvalue weighted by Gasteiger charge is -2.18. The molecule has 0 aromatic heterocycles. The average Bonchev–Trinajstić information content (AvgIpc) is 3.39. The molecule has 0 aliphatic rings. The Hall–Kier alpha value is -2.11. The first-order valence-electron chi connectivity index (χ1n) is 32.8. The molecule has 0 aliphatic heterocycles. The molecule has 6 nitrogen and oxygen atoms in total. The number of hydrogen-bond donors (Lipinski definition) is 0. The van der Waals surface area contributed by atoms with E-state index < -0.39 is 6.10 Å². The van der Waals surface area contributed by atoms with Gasteiger partial charge in [0.1, 0.15) is 13.2 Å². The molecule has 0 rings (SSSR count). The standard InChI is InChI=1S/C67H126O6/c1-4-7-10-13-16-19-22-25-27-29-31-33-34-36-37-39-42-45-48-51-54-57-60-66(69)72-63-64(62-71-65(68)59-56-53-50-47-44-41-24-21-18-15-12-9-6-3)73-67(70)61-58-55-52-49-46-43-40-38-35-32-30-28-26-23-20-17-14-11-8-5-2/h12,15,21,24,64H,4-11,13-14,16-20,22-23,25-63H2,1-3H3/b15-12-,24-21-. The molecular formula is C67H126O6. The summed E-state index contributed by atoms with van der Waals surface area (Å²) in [6, 6.07) is 0. The molecule has 73 heavy (non-hydrogen) atoms. The second kappa shape index (κ2) is 62.4. The molecule has 1 unspecified atom stereocenters. The Morgan fingerprint density at radius 2 is 0.521 bits per heavy atom. The molecule has 0 amide bonds. The number of carbonyl (C=O) groups is 3. The third-order valence-corrected chi connectivity index (χ3v) is 14.9. The molecule has 0 saturated heterocycles. The molecule has 0 aromatic rings. The van der Waals surface area contributed by atoms with Crippen molar-refractivity contribution in [2.24, 2.45) is 0 Å². The highest BCUT2D eigenvalue weighted by molar-refractivity contribution is 5.71.